The predicted octanol–water partition coefficient (Wildman–Crippen LogP) is 0.693. The zero-order valence-corrected chi connectivity index (χ0v) is 12.7. The molecule has 1 fully saturated rings. The van der Waals surface area contributed by atoms with Crippen molar-refractivity contribution in [1.29, 1.82) is 0 Å². The Morgan fingerprint density at radius 1 is 1.41 bits per heavy atom. The van der Waals surface area contributed by atoms with Gasteiger partial charge in [-0.1, -0.05) is 12.1 Å². The molecule has 1 heterocycles. The fourth-order valence-corrected chi connectivity index (χ4v) is 2.78. The van der Waals surface area contributed by atoms with Crippen LogP contribution in [0.15, 0.2) is 24.3 Å². The van der Waals surface area contributed by atoms with Crippen molar-refractivity contribution in [3.05, 3.63) is 35.6 Å². The highest BCUT2D eigenvalue weighted by Gasteiger charge is 2.27. The molecule has 0 unspecified atom stereocenters. The molecule has 0 saturated carbocycles. The molecule has 2 amide bonds. The number of likely N-dealkylation sites (N-methyl/N-ethyl adjacent to an activating group) is 1. The molecule has 1 aromatic rings. The fourth-order valence-electron chi connectivity index (χ4n) is 2.78. The number of nitrogens with one attached hydrogen (secondary N) is 2. The molecule has 6 heteroatoms. The number of hydrogen-bond donors (Lipinski definition) is 2. The van der Waals surface area contributed by atoms with Crippen LogP contribution in [0.5, 0.6) is 0 Å². The predicted molar refractivity (Wildman–Crippen MR) is 81.8 cm³/mol. The second-order valence-corrected chi connectivity index (χ2v) is 5.60. The molecule has 2 rings (SSSR count). The Bertz CT molecular complexity index is 501. The molecular weight excluding hydrogens is 285 g/mol. The van der Waals surface area contributed by atoms with E-state index in [0.717, 1.165) is 31.5 Å². The lowest BCUT2D eigenvalue weighted by Crippen LogP contribution is -2.51. The molecule has 1 atom stereocenters. The van der Waals surface area contributed by atoms with E-state index in [4.69, 9.17) is 0 Å². The van der Waals surface area contributed by atoms with Gasteiger partial charge in [-0.05, 0) is 43.6 Å². The number of amides is 2. The average molecular weight is 307 g/mol. The van der Waals surface area contributed by atoms with Gasteiger partial charge in [0.15, 0.2) is 0 Å². The molecule has 1 aromatic carbocycles. The molecule has 0 radical (unpaired) electrons. The highest BCUT2D eigenvalue weighted by molar-refractivity contribution is 5.84. The quantitative estimate of drug-likeness (QED) is 0.760. The average Bonchev–Trinajstić information content (AvgIpc) is 2.56. The van der Waals surface area contributed by atoms with Crippen LogP contribution in [0.25, 0.3) is 0 Å². The van der Waals surface area contributed by atoms with Gasteiger partial charge in [-0.3, -0.25) is 9.59 Å². The number of carbonyl (C=O) groups excluding carboxylic acids is 2. The van der Waals surface area contributed by atoms with Crippen LogP contribution in [0.2, 0.25) is 0 Å². The van der Waals surface area contributed by atoms with E-state index < -0.39 is 6.04 Å². The summed E-state index contributed by atoms with van der Waals surface area (Å²) in [5, 5.41) is 5.85. The maximum absolute atomic E-state index is 12.9. The summed E-state index contributed by atoms with van der Waals surface area (Å²) in [6.45, 7) is 1.79. The minimum atomic E-state index is -0.622. The first-order valence-corrected chi connectivity index (χ1v) is 7.53. The van der Waals surface area contributed by atoms with E-state index in [1.165, 1.54) is 12.1 Å². The largest absolute Gasteiger partial charge is 0.347 e. The lowest BCUT2D eigenvalue weighted by atomic mass is 10.0. The molecule has 0 aromatic heterocycles. The summed E-state index contributed by atoms with van der Waals surface area (Å²) in [6.07, 6.45) is 2.72. The summed E-state index contributed by atoms with van der Waals surface area (Å²) in [6, 6.07) is 5.54. The SMILES string of the molecule is CN(C(=O)[C@H](Cc1ccc(F)cc1)NC=O)C1CCNCC1. The van der Waals surface area contributed by atoms with Gasteiger partial charge in [0.1, 0.15) is 11.9 Å². The number of carbonyl (C=O) groups is 2. The van der Waals surface area contributed by atoms with Gasteiger partial charge in [0.05, 0.1) is 0 Å². The highest BCUT2D eigenvalue weighted by Crippen LogP contribution is 2.13. The third-order valence-corrected chi connectivity index (χ3v) is 4.12. The molecule has 2 N–H and O–H groups in total. The van der Waals surface area contributed by atoms with Crippen LogP contribution < -0.4 is 10.6 Å². The van der Waals surface area contributed by atoms with Gasteiger partial charge >= 0.3 is 0 Å². The molecule has 120 valence electrons. The Balaban J connectivity index is 2.03. The number of piperidine rings is 1. The molecule has 0 bridgehead atoms. The Hall–Kier alpha value is -1.95. The number of rotatable bonds is 6. The van der Waals surface area contributed by atoms with E-state index in [0.29, 0.717) is 12.8 Å². The Kier molecular flexibility index (Phi) is 5.89. The van der Waals surface area contributed by atoms with Crippen LogP contribution in [-0.2, 0) is 16.0 Å². The van der Waals surface area contributed by atoms with E-state index in [1.54, 1.807) is 24.1 Å². The summed E-state index contributed by atoms with van der Waals surface area (Å²) >= 11 is 0. The Morgan fingerprint density at radius 2 is 2.05 bits per heavy atom. The first-order valence-electron chi connectivity index (χ1n) is 7.53. The summed E-state index contributed by atoms with van der Waals surface area (Å²) in [7, 11) is 1.78. The minimum Gasteiger partial charge on any atom is -0.347 e. The molecule has 0 spiro atoms. The number of halogens is 1. The Labute approximate surface area is 129 Å². The van der Waals surface area contributed by atoms with E-state index in [2.05, 4.69) is 10.6 Å². The molecular formula is C16H22FN3O2. The van der Waals surface area contributed by atoms with Crippen molar-refractivity contribution < 1.29 is 14.0 Å². The van der Waals surface area contributed by atoms with Crippen LogP contribution in [-0.4, -0.2) is 49.4 Å². The van der Waals surface area contributed by atoms with Gasteiger partial charge < -0.3 is 15.5 Å². The van der Waals surface area contributed by atoms with Crippen molar-refractivity contribution in [2.24, 2.45) is 0 Å². The Morgan fingerprint density at radius 3 is 2.64 bits per heavy atom. The first-order chi connectivity index (χ1) is 10.6. The van der Waals surface area contributed by atoms with Gasteiger partial charge in [-0.2, -0.15) is 0 Å². The fraction of sp³-hybridized carbons (Fsp3) is 0.500. The maximum atomic E-state index is 12.9. The third kappa shape index (κ3) is 4.27. The number of hydrogen-bond acceptors (Lipinski definition) is 3. The topological polar surface area (TPSA) is 61.4 Å². The van der Waals surface area contributed by atoms with Gasteiger partial charge in [-0.25, -0.2) is 4.39 Å². The van der Waals surface area contributed by atoms with E-state index >= 15 is 0 Å². The smallest absolute Gasteiger partial charge is 0.245 e. The molecule has 0 aliphatic carbocycles. The number of benzene rings is 1. The van der Waals surface area contributed by atoms with Crippen molar-refractivity contribution in [3.63, 3.8) is 0 Å². The zero-order chi connectivity index (χ0) is 15.9. The van der Waals surface area contributed by atoms with Crippen molar-refractivity contribution in [2.45, 2.75) is 31.3 Å². The van der Waals surface area contributed by atoms with Gasteiger partial charge in [-0.15, -0.1) is 0 Å². The lowest BCUT2D eigenvalue weighted by molar-refractivity contribution is -0.135. The molecule has 1 saturated heterocycles. The van der Waals surface area contributed by atoms with Gasteiger partial charge in [0, 0.05) is 19.5 Å². The first kappa shape index (κ1) is 16.4. The van der Waals surface area contributed by atoms with Crippen LogP contribution in [0.1, 0.15) is 18.4 Å². The van der Waals surface area contributed by atoms with Crippen LogP contribution in [0, 0.1) is 5.82 Å². The minimum absolute atomic E-state index is 0.108. The molecule has 1 aliphatic rings. The van der Waals surface area contributed by atoms with Crippen LogP contribution >= 0.6 is 0 Å². The second-order valence-electron chi connectivity index (χ2n) is 5.60. The summed E-state index contributed by atoms with van der Waals surface area (Å²) in [5.74, 6) is -0.426. The zero-order valence-electron chi connectivity index (χ0n) is 12.7. The summed E-state index contributed by atoms with van der Waals surface area (Å²) < 4.78 is 12.9. The van der Waals surface area contributed by atoms with E-state index in [1.807, 2.05) is 0 Å². The second kappa shape index (κ2) is 7.89. The van der Waals surface area contributed by atoms with Crippen molar-refractivity contribution in [2.75, 3.05) is 20.1 Å². The maximum Gasteiger partial charge on any atom is 0.245 e. The van der Waals surface area contributed by atoms with Crippen molar-refractivity contribution >= 4 is 12.3 Å². The molecule has 5 nitrogen and oxygen atoms in total. The normalized spacial score (nSPS) is 16.8. The lowest BCUT2D eigenvalue weighted by Gasteiger charge is -2.34. The van der Waals surface area contributed by atoms with Crippen molar-refractivity contribution in [1.82, 2.24) is 15.5 Å². The highest BCUT2D eigenvalue weighted by atomic mass is 19.1. The molecule has 22 heavy (non-hydrogen) atoms. The summed E-state index contributed by atoms with van der Waals surface area (Å²) in [4.78, 5) is 25.2. The van der Waals surface area contributed by atoms with Crippen molar-refractivity contribution in [3.8, 4) is 0 Å². The van der Waals surface area contributed by atoms with Gasteiger partial charge in [0.25, 0.3) is 0 Å². The number of nitrogens with zero attached hydrogens (tertiary/aromatic N) is 1. The van der Waals surface area contributed by atoms with Crippen LogP contribution in [0.4, 0.5) is 4.39 Å². The van der Waals surface area contributed by atoms with E-state index in [9.17, 15) is 14.0 Å². The van der Waals surface area contributed by atoms with E-state index in [-0.39, 0.29) is 17.8 Å². The monoisotopic (exact) mass is 307 g/mol. The third-order valence-electron chi connectivity index (χ3n) is 4.12. The van der Waals surface area contributed by atoms with Gasteiger partial charge in [0.2, 0.25) is 12.3 Å². The van der Waals surface area contributed by atoms with Crippen LogP contribution in [0.3, 0.4) is 0 Å². The standard InChI is InChI=1S/C16H22FN3O2/c1-20(14-6-8-18-9-7-14)16(22)15(19-11-21)10-12-2-4-13(17)5-3-12/h2-5,11,14-15,18H,6-10H2,1H3,(H,19,21)/t15-/m0/s1. The molecule has 1 aliphatic heterocycles. The summed E-state index contributed by atoms with van der Waals surface area (Å²) in [5.41, 5.74) is 0.813.